The van der Waals surface area contributed by atoms with Crippen LogP contribution in [0.15, 0.2) is 36.5 Å². The maximum atomic E-state index is 12.9. The molecule has 2 aromatic heterocycles. The SMILES string of the molecule is CCc1c(C(=O)Nc2cc(C(F)(F)F)n(C)n2)cnn1-c1ccc(OC)cc1. The molecule has 148 valence electrons. The zero-order valence-electron chi connectivity index (χ0n) is 15.4. The lowest BCUT2D eigenvalue weighted by Crippen LogP contribution is -2.15. The number of benzene rings is 1. The first-order valence-corrected chi connectivity index (χ1v) is 8.38. The zero-order chi connectivity index (χ0) is 20.5. The highest BCUT2D eigenvalue weighted by Crippen LogP contribution is 2.30. The van der Waals surface area contributed by atoms with Crippen molar-refractivity contribution in [3.8, 4) is 11.4 Å². The number of carbonyl (C=O) groups excluding carboxylic acids is 1. The molecule has 0 spiro atoms. The minimum atomic E-state index is -4.56. The van der Waals surface area contributed by atoms with Gasteiger partial charge in [-0.25, -0.2) is 4.68 Å². The van der Waals surface area contributed by atoms with Crippen LogP contribution in [0.1, 0.15) is 28.7 Å². The number of aryl methyl sites for hydroxylation is 1. The minimum Gasteiger partial charge on any atom is -0.497 e. The molecule has 1 N–H and O–H groups in total. The normalized spacial score (nSPS) is 11.5. The maximum Gasteiger partial charge on any atom is 0.433 e. The first-order valence-electron chi connectivity index (χ1n) is 8.38. The lowest BCUT2D eigenvalue weighted by atomic mass is 10.2. The van der Waals surface area contributed by atoms with E-state index in [-0.39, 0.29) is 11.4 Å². The molecule has 3 aromatic rings. The average Bonchev–Trinajstić information content (AvgIpc) is 3.24. The van der Waals surface area contributed by atoms with Gasteiger partial charge < -0.3 is 10.1 Å². The van der Waals surface area contributed by atoms with Gasteiger partial charge in [-0.1, -0.05) is 6.92 Å². The standard InChI is InChI=1S/C18H18F3N5O2/c1-4-14-13(10-22-26(14)11-5-7-12(28-3)8-6-11)17(27)23-16-9-15(18(19,20)21)25(2)24-16/h5-10H,4H2,1-3H3,(H,23,24,27). The van der Waals surface area contributed by atoms with Crippen LogP contribution in [0.2, 0.25) is 0 Å². The van der Waals surface area contributed by atoms with E-state index in [1.54, 1.807) is 36.1 Å². The van der Waals surface area contributed by atoms with E-state index in [2.05, 4.69) is 15.5 Å². The minimum absolute atomic E-state index is 0.181. The molecule has 0 atom stereocenters. The third kappa shape index (κ3) is 3.71. The van der Waals surface area contributed by atoms with Gasteiger partial charge in [0, 0.05) is 13.1 Å². The summed E-state index contributed by atoms with van der Waals surface area (Å²) in [5, 5.41) is 10.4. The van der Waals surface area contributed by atoms with Crippen molar-refractivity contribution < 1.29 is 22.7 Å². The number of aromatic nitrogens is 4. The predicted octanol–water partition coefficient (Wildman–Crippen LogP) is 3.45. The second-order valence-electron chi connectivity index (χ2n) is 5.96. The summed E-state index contributed by atoms with van der Waals surface area (Å²) in [6.45, 7) is 1.86. The Kier molecular flexibility index (Phi) is 5.12. The van der Waals surface area contributed by atoms with Crippen molar-refractivity contribution in [2.45, 2.75) is 19.5 Å². The van der Waals surface area contributed by atoms with Crippen molar-refractivity contribution in [3.63, 3.8) is 0 Å². The summed E-state index contributed by atoms with van der Waals surface area (Å²) in [4.78, 5) is 12.6. The smallest absolute Gasteiger partial charge is 0.433 e. The van der Waals surface area contributed by atoms with Gasteiger partial charge in [-0.2, -0.15) is 23.4 Å². The van der Waals surface area contributed by atoms with Gasteiger partial charge in [0.2, 0.25) is 0 Å². The Morgan fingerprint density at radius 1 is 1.25 bits per heavy atom. The molecule has 0 bridgehead atoms. The van der Waals surface area contributed by atoms with E-state index in [4.69, 9.17) is 4.74 Å². The van der Waals surface area contributed by atoms with Gasteiger partial charge in [0.25, 0.3) is 5.91 Å². The third-order valence-corrected chi connectivity index (χ3v) is 4.18. The van der Waals surface area contributed by atoms with Crippen LogP contribution in [-0.2, 0) is 19.6 Å². The molecule has 0 unspecified atom stereocenters. The highest BCUT2D eigenvalue weighted by atomic mass is 19.4. The summed E-state index contributed by atoms with van der Waals surface area (Å²) < 4.78 is 46.1. The number of hydrogen-bond donors (Lipinski definition) is 1. The van der Waals surface area contributed by atoms with Gasteiger partial charge in [-0.05, 0) is 30.7 Å². The number of nitrogens with zero attached hydrogens (tertiary/aromatic N) is 4. The van der Waals surface area contributed by atoms with Gasteiger partial charge in [-0.3, -0.25) is 9.48 Å². The number of hydrogen-bond acceptors (Lipinski definition) is 4. The van der Waals surface area contributed by atoms with Gasteiger partial charge in [0.05, 0.1) is 30.3 Å². The Labute approximate surface area is 158 Å². The molecule has 10 heteroatoms. The monoisotopic (exact) mass is 393 g/mol. The molecular formula is C18H18F3N5O2. The van der Waals surface area contributed by atoms with Crippen molar-refractivity contribution in [1.82, 2.24) is 19.6 Å². The molecule has 2 heterocycles. The number of nitrogens with one attached hydrogen (secondary N) is 1. The summed E-state index contributed by atoms with van der Waals surface area (Å²) in [6.07, 6.45) is -2.69. The number of anilines is 1. The molecule has 0 saturated carbocycles. The number of ether oxygens (including phenoxy) is 1. The predicted molar refractivity (Wildman–Crippen MR) is 95.7 cm³/mol. The van der Waals surface area contributed by atoms with E-state index in [0.717, 1.165) is 18.8 Å². The summed E-state index contributed by atoms with van der Waals surface area (Å²) in [5.74, 6) is -0.0787. The van der Waals surface area contributed by atoms with Gasteiger partial charge in [0.15, 0.2) is 5.82 Å². The highest BCUT2D eigenvalue weighted by molar-refractivity contribution is 6.04. The number of rotatable bonds is 5. The largest absolute Gasteiger partial charge is 0.497 e. The molecule has 3 rings (SSSR count). The Morgan fingerprint density at radius 3 is 2.46 bits per heavy atom. The van der Waals surface area contributed by atoms with Crippen molar-refractivity contribution in [1.29, 1.82) is 0 Å². The summed E-state index contributed by atoms with van der Waals surface area (Å²) in [5.41, 5.74) is 0.661. The summed E-state index contributed by atoms with van der Waals surface area (Å²) >= 11 is 0. The van der Waals surface area contributed by atoms with E-state index < -0.39 is 17.8 Å². The van der Waals surface area contributed by atoms with Crippen LogP contribution in [-0.4, -0.2) is 32.6 Å². The van der Waals surface area contributed by atoms with E-state index in [0.29, 0.717) is 22.5 Å². The molecule has 0 aliphatic heterocycles. The fourth-order valence-corrected chi connectivity index (χ4v) is 2.83. The fourth-order valence-electron chi connectivity index (χ4n) is 2.83. The van der Waals surface area contributed by atoms with Crippen molar-refractivity contribution in [2.75, 3.05) is 12.4 Å². The Hall–Kier alpha value is -3.30. The lowest BCUT2D eigenvalue weighted by molar-refractivity contribution is -0.143. The second-order valence-corrected chi connectivity index (χ2v) is 5.96. The molecule has 28 heavy (non-hydrogen) atoms. The fraction of sp³-hybridized carbons (Fsp3) is 0.278. The van der Waals surface area contributed by atoms with Crippen LogP contribution in [0.25, 0.3) is 5.69 Å². The zero-order valence-corrected chi connectivity index (χ0v) is 15.4. The van der Waals surface area contributed by atoms with Crippen LogP contribution in [0.3, 0.4) is 0 Å². The number of halogens is 3. The number of amides is 1. The van der Waals surface area contributed by atoms with Crippen molar-refractivity contribution in [2.24, 2.45) is 7.05 Å². The van der Waals surface area contributed by atoms with Crippen LogP contribution >= 0.6 is 0 Å². The third-order valence-electron chi connectivity index (χ3n) is 4.18. The van der Waals surface area contributed by atoms with E-state index >= 15 is 0 Å². The van der Waals surface area contributed by atoms with Crippen LogP contribution in [0.4, 0.5) is 19.0 Å². The Balaban J connectivity index is 1.87. The van der Waals surface area contributed by atoms with E-state index in [9.17, 15) is 18.0 Å². The Bertz CT molecular complexity index is 990. The Morgan fingerprint density at radius 2 is 1.93 bits per heavy atom. The van der Waals surface area contributed by atoms with E-state index in [1.807, 2.05) is 6.92 Å². The van der Waals surface area contributed by atoms with Crippen molar-refractivity contribution in [3.05, 3.63) is 53.5 Å². The molecule has 0 fully saturated rings. The van der Waals surface area contributed by atoms with Gasteiger partial charge >= 0.3 is 6.18 Å². The van der Waals surface area contributed by atoms with Gasteiger partial charge in [-0.15, -0.1) is 0 Å². The average molecular weight is 393 g/mol. The molecule has 0 aliphatic rings. The number of methoxy groups -OCH3 is 1. The molecule has 1 amide bonds. The molecule has 7 nitrogen and oxygen atoms in total. The molecular weight excluding hydrogens is 375 g/mol. The quantitative estimate of drug-likeness (QED) is 0.721. The topological polar surface area (TPSA) is 74.0 Å². The van der Waals surface area contributed by atoms with Crippen LogP contribution in [0, 0.1) is 0 Å². The van der Waals surface area contributed by atoms with Crippen LogP contribution in [0.5, 0.6) is 5.75 Å². The first-order chi connectivity index (χ1) is 13.2. The first kappa shape index (κ1) is 19.5. The summed E-state index contributed by atoms with van der Waals surface area (Å²) in [6, 6.07) is 7.91. The lowest BCUT2D eigenvalue weighted by Gasteiger charge is -2.08. The molecule has 0 saturated heterocycles. The van der Waals surface area contributed by atoms with Crippen LogP contribution < -0.4 is 10.1 Å². The number of carbonyl (C=O) groups is 1. The van der Waals surface area contributed by atoms with Gasteiger partial charge in [0.1, 0.15) is 11.4 Å². The molecule has 0 radical (unpaired) electrons. The molecule has 1 aromatic carbocycles. The second kappa shape index (κ2) is 7.37. The highest BCUT2D eigenvalue weighted by Gasteiger charge is 2.35. The van der Waals surface area contributed by atoms with Crippen molar-refractivity contribution >= 4 is 11.7 Å². The summed E-state index contributed by atoms with van der Waals surface area (Å²) in [7, 11) is 2.72. The maximum absolute atomic E-state index is 12.9. The molecule has 0 aliphatic carbocycles. The van der Waals surface area contributed by atoms with E-state index in [1.165, 1.54) is 6.20 Å². The number of alkyl halides is 3.